The highest BCUT2D eigenvalue weighted by Gasteiger charge is 2.13. The van der Waals surface area contributed by atoms with Gasteiger partial charge in [0.1, 0.15) is 4.88 Å². The van der Waals surface area contributed by atoms with Crippen LogP contribution in [0, 0.1) is 6.92 Å². The second kappa shape index (κ2) is 7.06. The molecule has 4 nitrogen and oxygen atoms in total. The predicted octanol–water partition coefficient (Wildman–Crippen LogP) is 4.27. The van der Waals surface area contributed by atoms with Crippen LogP contribution in [0.2, 0.25) is 4.34 Å². The van der Waals surface area contributed by atoms with E-state index < -0.39 is 11.9 Å². The number of ether oxygens (including phenoxy) is 1. The molecule has 1 aromatic carbocycles. The molecule has 0 saturated heterocycles. The van der Waals surface area contributed by atoms with Crippen LogP contribution in [0.4, 0.5) is 5.69 Å². The van der Waals surface area contributed by atoms with E-state index in [9.17, 15) is 9.59 Å². The summed E-state index contributed by atoms with van der Waals surface area (Å²) in [5.74, 6) is -0.953. The second-order valence-corrected chi connectivity index (χ2v) is 6.82. The lowest BCUT2D eigenvalue weighted by Gasteiger charge is -2.09. The first-order valence-corrected chi connectivity index (χ1v) is 7.93. The van der Waals surface area contributed by atoms with Gasteiger partial charge in [-0.05, 0) is 42.8 Å². The standard InChI is InChI=1S/C14H11BrClNO3S/c1-8-6-9(15)2-3-10(8)17-13(18)7-20-14(19)11-4-5-12(16)21-11/h2-6H,7H2,1H3,(H,17,18). The lowest BCUT2D eigenvalue weighted by atomic mass is 10.2. The maximum atomic E-state index is 11.8. The largest absolute Gasteiger partial charge is 0.451 e. The van der Waals surface area contributed by atoms with Gasteiger partial charge in [-0.15, -0.1) is 11.3 Å². The van der Waals surface area contributed by atoms with Crippen LogP contribution in [0.25, 0.3) is 0 Å². The molecule has 0 spiro atoms. The fourth-order valence-corrected chi connectivity index (χ4v) is 2.99. The van der Waals surface area contributed by atoms with Gasteiger partial charge in [0, 0.05) is 10.2 Å². The minimum Gasteiger partial charge on any atom is -0.451 e. The van der Waals surface area contributed by atoms with Crippen LogP contribution in [-0.2, 0) is 9.53 Å². The van der Waals surface area contributed by atoms with Crippen molar-refractivity contribution in [1.29, 1.82) is 0 Å². The van der Waals surface area contributed by atoms with Crippen molar-refractivity contribution in [2.45, 2.75) is 6.92 Å². The number of hydrogen-bond acceptors (Lipinski definition) is 4. The Morgan fingerprint density at radius 1 is 1.33 bits per heavy atom. The van der Waals surface area contributed by atoms with Crippen molar-refractivity contribution >= 4 is 56.4 Å². The first-order valence-electron chi connectivity index (χ1n) is 5.94. The molecule has 0 bridgehead atoms. The van der Waals surface area contributed by atoms with E-state index in [1.807, 2.05) is 19.1 Å². The summed E-state index contributed by atoms with van der Waals surface area (Å²) in [4.78, 5) is 23.8. The fourth-order valence-electron chi connectivity index (χ4n) is 1.58. The van der Waals surface area contributed by atoms with E-state index >= 15 is 0 Å². The van der Waals surface area contributed by atoms with Crippen molar-refractivity contribution in [2.24, 2.45) is 0 Å². The third kappa shape index (κ3) is 4.56. The monoisotopic (exact) mass is 387 g/mol. The second-order valence-electron chi connectivity index (χ2n) is 4.19. The number of carbonyl (C=O) groups excluding carboxylic acids is 2. The van der Waals surface area contributed by atoms with Gasteiger partial charge in [-0.25, -0.2) is 4.79 Å². The molecule has 21 heavy (non-hydrogen) atoms. The number of benzene rings is 1. The van der Waals surface area contributed by atoms with Crippen molar-refractivity contribution in [3.05, 3.63) is 49.6 Å². The first kappa shape index (κ1) is 16.0. The van der Waals surface area contributed by atoms with Gasteiger partial charge in [0.2, 0.25) is 0 Å². The lowest BCUT2D eigenvalue weighted by Crippen LogP contribution is -2.21. The number of carbonyl (C=O) groups is 2. The summed E-state index contributed by atoms with van der Waals surface area (Å²) in [6, 6.07) is 8.65. The molecule has 0 atom stereocenters. The van der Waals surface area contributed by atoms with Crippen LogP contribution in [0.5, 0.6) is 0 Å². The zero-order valence-corrected chi connectivity index (χ0v) is 14.1. The molecule has 1 aromatic heterocycles. The van der Waals surface area contributed by atoms with Gasteiger partial charge in [-0.3, -0.25) is 4.79 Å². The molecule has 2 aromatic rings. The van der Waals surface area contributed by atoms with E-state index in [0.29, 0.717) is 14.9 Å². The molecule has 0 aliphatic carbocycles. The third-order valence-corrected chi connectivity index (χ3v) is 4.28. The number of thiophene rings is 1. The molecule has 0 saturated carbocycles. The Labute approximate surface area is 139 Å². The highest BCUT2D eigenvalue weighted by molar-refractivity contribution is 9.10. The van der Waals surface area contributed by atoms with Crippen molar-refractivity contribution in [3.63, 3.8) is 0 Å². The maximum absolute atomic E-state index is 11.8. The average molecular weight is 389 g/mol. The number of anilines is 1. The number of aryl methyl sites for hydroxylation is 1. The SMILES string of the molecule is Cc1cc(Br)ccc1NC(=O)COC(=O)c1ccc(Cl)s1. The molecule has 0 fully saturated rings. The van der Waals surface area contributed by atoms with E-state index in [4.69, 9.17) is 16.3 Å². The lowest BCUT2D eigenvalue weighted by molar-refractivity contribution is -0.119. The van der Waals surface area contributed by atoms with Crippen LogP contribution in [-0.4, -0.2) is 18.5 Å². The zero-order chi connectivity index (χ0) is 15.4. The molecule has 1 N–H and O–H groups in total. The van der Waals surface area contributed by atoms with Crippen LogP contribution in [0.15, 0.2) is 34.8 Å². The number of nitrogens with one attached hydrogen (secondary N) is 1. The fraction of sp³-hybridized carbons (Fsp3) is 0.143. The van der Waals surface area contributed by atoms with Crippen molar-refractivity contribution in [1.82, 2.24) is 0 Å². The highest BCUT2D eigenvalue weighted by Crippen LogP contribution is 2.22. The van der Waals surface area contributed by atoms with E-state index in [1.54, 1.807) is 18.2 Å². The zero-order valence-electron chi connectivity index (χ0n) is 11.0. The Morgan fingerprint density at radius 2 is 2.10 bits per heavy atom. The predicted molar refractivity (Wildman–Crippen MR) is 87.1 cm³/mol. The van der Waals surface area contributed by atoms with Crippen molar-refractivity contribution < 1.29 is 14.3 Å². The Bertz CT molecular complexity index is 687. The number of halogens is 2. The number of hydrogen-bond donors (Lipinski definition) is 1. The van der Waals surface area contributed by atoms with Crippen molar-refractivity contribution in [3.8, 4) is 0 Å². The minimum atomic E-state index is -0.561. The summed E-state index contributed by atoms with van der Waals surface area (Å²) in [5, 5.41) is 2.69. The Morgan fingerprint density at radius 3 is 2.71 bits per heavy atom. The summed E-state index contributed by atoms with van der Waals surface area (Å²) in [5.41, 5.74) is 1.59. The quantitative estimate of drug-likeness (QED) is 0.796. The molecule has 0 aliphatic heterocycles. The van der Waals surface area contributed by atoms with E-state index in [0.717, 1.165) is 21.4 Å². The Balaban J connectivity index is 1.89. The van der Waals surface area contributed by atoms with Crippen LogP contribution >= 0.6 is 38.9 Å². The van der Waals surface area contributed by atoms with Crippen LogP contribution in [0.1, 0.15) is 15.2 Å². The van der Waals surface area contributed by atoms with E-state index in [1.165, 1.54) is 0 Å². The van der Waals surface area contributed by atoms with Gasteiger partial charge in [0.15, 0.2) is 6.61 Å². The topological polar surface area (TPSA) is 55.4 Å². The van der Waals surface area contributed by atoms with Gasteiger partial charge in [0.25, 0.3) is 5.91 Å². The average Bonchev–Trinajstić information content (AvgIpc) is 2.86. The molecule has 0 radical (unpaired) electrons. The Hall–Kier alpha value is -1.37. The molecule has 2 rings (SSSR count). The maximum Gasteiger partial charge on any atom is 0.348 e. The molecule has 0 aliphatic rings. The molecule has 110 valence electrons. The van der Waals surface area contributed by atoms with Crippen LogP contribution < -0.4 is 5.32 Å². The molecule has 7 heteroatoms. The van der Waals surface area contributed by atoms with Gasteiger partial charge < -0.3 is 10.1 Å². The minimum absolute atomic E-state index is 0.343. The van der Waals surface area contributed by atoms with Gasteiger partial charge in [0.05, 0.1) is 4.34 Å². The summed E-state index contributed by atoms with van der Waals surface area (Å²) >= 11 is 10.2. The third-order valence-electron chi connectivity index (χ3n) is 2.57. The summed E-state index contributed by atoms with van der Waals surface area (Å²) < 4.78 is 6.36. The molecule has 0 unspecified atom stereocenters. The van der Waals surface area contributed by atoms with E-state index in [2.05, 4.69) is 21.2 Å². The molecular weight excluding hydrogens is 378 g/mol. The van der Waals surface area contributed by atoms with Gasteiger partial charge in [-0.2, -0.15) is 0 Å². The summed E-state index contributed by atoms with van der Waals surface area (Å²) in [7, 11) is 0. The van der Waals surface area contributed by atoms with Gasteiger partial charge in [-0.1, -0.05) is 27.5 Å². The molecular formula is C14H11BrClNO3S. The Kier molecular flexibility index (Phi) is 5.39. The number of amides is 1. The smallest absolute Gasteiger partial charge is 0.348 e. The van der Waals surface area contributed by atoms with E-state index in [-0.39, 0.29) is 6.61 Å². The van der Waals surface area contributed by atoms with Crippen LogP contribution in [0.3, 0.4) is 0 Å². The van der Waals surface area contributed by atoms with Crippen molar-refractivity contribution in [2.75, 3.05) is 11.9 Å². The first-order chi connectivity index (χ1) is 9.95. The number of esters is 1. The summed E-state index contributed by atoms with van der Waals surface area (Å²) in [6.07, 6.45) is 0. The number of rotatable bonds is 4. The molecule has 1 heterocycles. The van der Waals surface area contributed by atoms with Gasteiger partial charge >= 0.3 is 5.97 Å². The molecule has 1 amide bonds. The summed E-state index contributed by atoms with van der Waals surface area (Å²) in [6.45, 7) is 1.53. The highest BCUT2D eigenvalue weighted by atomic mass is 79.9. The normalized spacial score (nSPS) is 10.2.